The van der Waals surface area contributed by atoms with Crippen LogP contribution in [-0.2, 0) is 16.6 Å². The van der Waals surface area contributed by atoms with Gasteiger partial charge < -0.3 is 19.4 Å². The molecule has 0 aliphatic carbocycles. The molecule has 0 aliphatic heterocycles. The van der Waals surface area contributed by atoms with Crippen LogP contribution in [0.15, 0.2) is 53.5 Å². The topological polar surface area (TPSA) is 69.6 Å². The Hall–Kier alpha value is -2.60. The fraction of sp³-hybridized carbons (Fsp3) is 0.250. The maximum atomic E-state index is 11.7. The predicted molar refractivity (Wildman–Crippen MR) is 83.1 cm³/mol. The van der Waals surface area contributed by atoms with E-state index in [0.29, 0.717) is 18.9 Å². The number of pyridine rings is 1. The SMILES string of the molecule is Cn1cc(NC(=O)COCCOc2ccccc2)ccc1=O. The van der Waals surface area contributed by atoms with Crippen molar-refractivity contribution in [3.05, 3.63) is 59.0 Å². The highest BCUT2D eigenvalue weighted by atomic mass is 16.5. The Morgan fingerprint density at radius 1 is 1.14 bits per heavy atom. The Morgan fingerprint density at radius 3 is 2.64 bits per heavy atom. The van der Waals surface area contributed by atoms with Crippen LogP contribution in [0.4, 0.5) is 5.69 Å². The third-order valence-electron chi connectivity index (χ3n) is 2.84. The minimum absolute atomic E-state index is 0.0685. The van der Waals surface area contributed by atoms with Crippen LogP contribution in [-0.4, -0.2) is 30.3 Å². The molecule has 1 aromatic heterocycles. The van der Waals surface area contributed by atoms with E-state index in [1.165, 1.54) is 10.6 Å². The number of amides is 1. The number of carbonyl (C=O) groups excluding carboxylic acids is 1. The zero-order valence-corrected chi connectivity index (χ0v) is 12.3. The number of hydrogen-bond acceptors (Lipinski definition) is 4. The molecule has 6 heteroatoms. The highest BCUT2D eigenvalue weighted by molar-refractivity contribution is 5.91. The second-order valence-corrected chi connectivity index (χ2v) is 4.63. The molecule has 1 N–H and O–H groups in total. The number of hydrogen-bond donors (Lipinski definition) is 1. The monoisotopic (exact) mass is 302 g/mol. The van der Waals surface area contributed by atoms with E-state index in [0.717, 1.165) is 5.75 Å². The molecular weight excluding hydrogens is 284 g/mol. The fourth-order valence-electron chi connectivity index (χ4n) is 1.76. The molecule has 1 heterocycles. The van der Waals surface area contributed by atoms with Crippen molar-refractivity contribution >= 4 is 11.6 Å². The molecular formula is C16H18N2O4. The van der Waals surface area contributed by atoms with E-state index in [4.69, 9.17) is 9.47 Å². The number of rotatable bonds is 7. The van der Waals surface area contributed by atoms with Gasteiger partial charge in [0.1, 0.15) is 19.0 Å². The van der Waals surface area contributed by atoms with Crippen molar-refractivity contribution in [3.63, 3.8) is 0 Å². The Kier molecular flexibility index (Phi) is 5.73. The Labute approximate surface area is 128 Å². The van der Waals surface area contributed by atoms with Gasteiger partial charge in [-0.05, 0) is 18.2 Å². The molecule has 0 spiro atoms. The molecule has 0 aliphatic rings. The molecule has 0 fully saturated rings. The summed E-state index contributed by atoms with van der Waals surface area (Å²) in [5.41, 5.74) is 0.420. The molecule has 0 saturated heterocycles. The van der Waals surface area contributed by atoms with Crippen molar-refractivity contribution in [2.45, 2.75) is 0 Å². The lowest BCUT2D eigenvalue weighted by molar-refractivity contribution is -0.120. The summed E-state index contributed by atoms with van der Waals surface area (Å²) in [6, 6.07) is 12.3. The van der Waals surface area contributed by atoms with Gasteiger partial charge in [-0.3, -0.25) is 9.59 Å². The summed E-state index contributed by atoms with van der Waals surface area (Å²) in [7, 11) is 1.62. The number of aryl methyl sites for hydroxylation is 1. The number of para-hydroxylation sites is 1. The molecule has 1 amide bonds. The second-order valence-electron chi connectivity index (χ2n) is 4.63. The molecule has 2 rings (SSSR count). The Morgan fingerprint density at radius 2 is 1.91 bits per heavy atom. The maximum Gasteiger partial charge on any atom is 0.250 e. The lowest BCUT2D eigenvalue weighted by atomic mass is 10.3. The van der Waals surface area contributed by atoms with E-state index in [9.17, 15) is 9.59 Å². The van der Waals surface area contributed by atoms with Crippen LogP contribution >= 0.6 is 0 Å². The van der Waals surface area contributed by atoms with Crippen molar-refractivity contribution in [2.75, 3.05) is 25.1 Å². The van der Waals surface area contributed by atoms with Crippen LogP contribution in [0, 0.1) is 0 Å². The highest BCUT2D eigenvalue weighted by Gasteiger charge is 2.03. The molecule has 0 atom stereocenters. The first-order valence-corrected chi connectivity index (χ1v) is 6.87. The summed E-state index contributed by atoms with van der Waals surface area (Å²) in [5.74, 6) is 0.485. The molecule has 0 unspecified atom stereocenters. The second kappa shape index (κ2) is 7.99. The normalized spacial score (nSPS) is 10.2. The molecule has 6 nitrogen and oxygen atoms in total. The van der Waals surface area contributed by atoms with Crippen LogP contribution in [0.2, 0.25) is 0 Å². The van der Waals surface area contributed by atoms with Gasteiger partial charge in [-0.1, -0.05) is 18.2 Å². The molecule has 0 bridgehead atoms. The van der Waals surface area contributed by atoms with Gasteiger partial charge in [-0.2, -0.15) is 0 Å². The van der Waals surface area contributed by atoms with Gasteiger partial charge in [0, 0.05) is 19.3 Å². The average molecular weight is 302 g/mol. The largest absolute Gasteiger partial charge is 0.491 e. The van der Waals surface area contributed by atoms with Gasteiger partial charge in [0.25, 0.3) is 0 Å². The zero-order chi connectivity index (χ0) is 15.8. The van der Waals surface area contributed by atoms with E-state index in [1.807, 2.05) is 30.3 Å². The van der Waals surface area contributed by atoms with E-state index >= 15 is 0 Å². The van der Waals surface area contributed by atoms with Gasteiger partial charge in [0.2, 0.25) is 11.5 Å². The summed E-state index contributed by atoms with van der Waals surface area (Å²) < 4.78 is 12.1. The number of aromatic nitrogens is 1. The quantitative estimate of drug-likeness (QED) is 0.785. The van der Waals surface area contributed by atoms with Crippen molar-refractivity contribution in [2.24, 2.45) is 7.05 Å². The first-order chi connectivity index (χ1) is 10.6. The number of nitrogens with one attached hydrogen (secondary N) is 1. The predicted octanol–water partition coefficient (Wildman–Crippen LogP) is 1.42. The van der Waals surface area contributed by atoms with Gasteiger partial charge in [0.05, 0.1) is 12.3 Å². The highest BCUT2D eigenvalue weighted by Crippen LogP contribution is 2.07. The standard InChI is InChI=1S/C16H18N2O4/c1-18-11-13(7-8-16(18)20)17-15(19)12-21-9-10-22-14-5-3-2-4-6-14/h2-8,11H,9-10,12H2,1H3,(H,17,19). The first kappa shape index (κ1) is 15.8. The van der Waals surface area contributed by atoms with Gasteiger partial charge in [-0.15, -0.1) is 0 Å². The van der Waals surface area contributed by atoms with E-state index in [-0.39, 0.29) is 18.1 Å². The molecule has 1 aromatic carbocycles. The van der Waals surface area contributed by atoms with Crippen molar-refractivity contribution in [1.29, 1.82) is 0 Å². The van der Waals surface area contributed by atoms with Crippen LogP contribution in [0.5, 0.6) is 5.75 Å². The molecule has 0 saturated carbocycles. The number of nitrogens with zero attached hydrogens (tertiary/aromatic N) is 1. The summed E-state index contributed by atoms with van der Waals surface area (Å²) in [6.07, 6.45) is 1.55. The first-order valence-electron chi connectivity index (χ1n) is 6.87. The number of ether oxygens (including phenoxy) is 2. The Balaban J connectivity index is 1.65. The third kappa shape index (κ3) is 5.06. The van der Waals surface area contributed by atoms with Crippen molar-refractivity contribution in [1.82, 2.24) is 4.57 Å². The lowest BCUT2D eigenvalue weighted by Crippen LogP contribution is -2.22. The summed E-state index contributed by atoms with van der Waals surface area (Å²) in [6.45, 7) is 0.619. The van der Waals surface area contributed by atoms with Crippen molar-refractivity contribution < 1.29 is 14.3 Å². The van der Waals surface area contributed by atoms with E-state index in [2.05, 4.69) is 5.32 Å². The molecule has 116 valence electrons. The summed E-state index contributed by atoms with van der Waals surface area (Å²) >= 11 is 0. The Bertz CT molecular complexity index is 667. The summed E-state index contributed by atoms with van der Waals surface area (Å²) in [5, 5.41) is 2.65. The van der Waals surface area contributed by atoms with E-state index < -0.39 is 0 Å². The number of anilines is 1. The fourth-order valence-corrected chi connectivity index (χ4v) is 1.76. The molecule has 22 heavy (non-hydrogen) atoms. The average Bonchev–Trinajstić information content (AvgIpc) is 2.52. The van der Waals surface area contributed by atoms with E-state index in [1.54, 1.807) is 19.3 Å². The smallest absolute Gasteiger partial charge is 0.250 e. The minimum Gasteiger partial charge on any atom is -0.491 e. The minimum atomic E-state index is -0.279. The van der Waals surface area contributed by atoms with Crippen LogP contribution in [0.3, 0.4) is 0 Å². The van der Waals surface area contributed by atoms with Gasteiger partial charge in [-0.25, -0.2) is 0 Å². The lowest BCUT2D eigenvalue weighted by Gasteiger charge is -2.08. The summed E-state index contributed by atoms with van der Waals surface area (Å²) in [4.78, 5) is 22.9. The maximum absolute atomic E-state index is 11.7. The molecule has 2 aromatic rings. The van der Waals surface area contributed by atoms with Crippen LogP contribution in [0.25, 0.3) is 0 Å². The number of carbonyl (C=O) groups is 1. The van der Waals surface area contributed by atoms with Crippen LogP contribution < -0.4 is 15.6 Å². The third-order valence-corrected chi connectivity index (χ3v) is 2.84. The molecule has 0 radical (unpaired) electrons. The van der Waals surface area contributed by atoms with Crippen LogP contribution in [0.1, 0.15) is 0 Å². The van der Waals surface area contributed by atoms with Gasteiger partial charge in [0.15, 0.2) is 0 Å². The zero-order valence-electron chi connectivity index (χ0n) is 12.3. The van der Waals surface area contributed by atoms with Crippen molar-refractivity contribution in [3.8, 4) is 5.75 Å². The number of benzene rings is 1. The van der Waals surface area contributed by atoms with Gasteiger partial charge >= 0.3 is 0 Å².